The van der Waals surface area contributed by atoms with Gasteiger partial charge in [-0.3, -0.25) is 14.4 Å². The fraction of sp³-hybridized carbons (Fsp3) is 0.239. The lowest BCUT2D eigenvalue weighted by atomic mass is 9.94. The first-order valence-electron chi connectivity index (χ1n) is 18.6. The molecule has 0 aromatic heterocycles. The summed E-state index contributed by atoms with van der Waals surface area (Å²) in [6, 6.07) is 28.7. The Bertz CT molecular complexity index is 2320. The summed E-state index contributed by atoms with van der Waals surface area (Å²) < 4.78 is 58.7. The van der Waals surface area contributed by atoms with E-state index in [1.807, 2.05) is 0 Å². The maximum Gasteiger partial charge on any atom is 0.417 e. The molecule has 13 heteroatoms. The van der Waals surface area contributed by atoms with Crippen LogP contribution in [0.1, 0.15) is 91.7 Å². The first-order chi connectivity index (χ1) is 27.9. The van der Waals surface area contributed by atoms with Crippen LogP contribution in [0.4, 0.5) is 18.9 Å². The van der Waals surface area contributed by atoms with E-state index in [1.54, 1.807) is 81.4 Å². The van der Waals surface area contributed by atoms with E-state index in [2.05, 4.69) is 5.32 Å². The summed E-state index contributed by atoms with van der Waals surface area (Å²) in [5.41, 5.74) is 0.182. The fourth-order valence-electron chi connectivity index (χ4n) is 5.93. The van der Waals surface area contributed by atoms with Gasteiger partial charge in [0.1, 0.15) is 18.0 Å². The molecule has 0 unspecified atom stereocenters. The largest absolute Gasteiger partial charge is 0.457 e. The maximum absolute atomic E-state index is 14.2. The number of nitrogens with zero attached hydrogens (tertiary/aromatic N) is 1. The molecule has 0 heterocycles. The SMILES string of the molecule is CN(C)C(=O)c1cc(CCCC(=O)Oc2ccc(C(=O)OCc3ccc(C(=O)OC(C)(C)C)cc3)cc2)ccc1NC(=O)c1c(-c2ccccc2)cccc1C(F)(F)F. The lowest BCUT2D eigenvalue weighted by Crippen LogP contribution is -2.25. The normalized spacial score (nSPS) is 11.3. The van der Waals surface area contributed by atoms with Gasteiger partial charge in [-0.1, -0.05) is 60.7 Å². The number of aryl methyl sites for hydroxylation is 1. The number of carbonyl (C=O) groups excluding carboxylic acids is 5. The van der Waals surface area contributed by atoms with E-state index in [1.165, 1.54) is 67.5 Å². The Labute approximate surface area is 339 Å². The molecule has 0 aliphatic rings. The molecule has 10 nitrogen and oxygen atoms in total. The summed E-state index contributed by atoms with van der Waals surface area (Å²) in [7, 11) is 3.02. The van der Waals surface area contributed by atoms with Gasteiger partial charge in [0.15, 0.2) is 0 Å². The first-order valence-corrected chi connectivity index (χ1v) is 18.6. The van der Waals surface area contributed by atoms with Crippen molar-refractivity contribution < 1.29 is 51.4 Å². The molecule has 0 fully saturated rings. The first kappa shape index (κ1) is 43.4. The molecule has 0 aliphatic carbocycles. The minimum absolute atomic E-state index is 0.00243. The summed E-state index contributed by atoms with van der Waals surface area (Å²) >= 11 is 0. The minimum atomic E-state index is -4.83. The van der Waals surface area contributed by atoms with Crippen molar-refractivity contribution in [1.29, 1.82) is 0 Å². The zero-order valence-electron chi connectivity index (χ0n) is 33.1. The molecule has 5 rings (SSSR count). The topological polar surface area (TPSA) is 128 Å². The molecule has 0 bridgehead atoms. The van der Waals surface area contributed by atoms with Gasteiger partial charge >= 0.3 is 24.1 Å². The fourth-order valence-corrected chi connectivity index (χ4v) is 5.93. The molecular weight excluding hydrogens is 766 g/mol. The van der Waals surface area contributed by atoms with E-state index in [0.29, 0.717) is 35.1 Å². The van der Waals surface area contributed by atoms with Gasteiger partial charge in [-0.15, -0.1) is 0 Å². The van der Waals surface area contributed by atoms with Crippen LogP contribution in [-0.2, 0) is 33.5 Å². The van der Waals surface area contributed by atoms with Gasteiger partial charge in [0.25, 0.3) is 11.8 Å². The number of esters is 3. The predicted octanol–water partition coefficient (Wildman–Crippen LogP) is 9.57. The minimum Gasteiger partial charge on any atom is -0.457 e. The summed E-state index contributed by atoms with van der Waals surface area (Å²) in [5.74, 6) is -2.90. The number of alkyl halides is 3. The second-order valence-corrected chi connectivity index (χ2v) is 14.8. The Morgan fingerprint density at radius 1 is 0.712 bits per heavy atom. The van der Waals surface area contributed by atoms with Crippen LogP contribution >= 0.6 is 0 Å². The number of hydrogen-bond donors (Lipinski definition) is 1. The second kappa shape index (κ2) is 18.7. The number of amides is 2. The standard InChI is InChI=1S/C46H43F3N2O8/c1-45(2,3)59-44(56)33-20-17-30(18-21-33)28-57-43(55)32-22-24-34(25-23-32)58-39(52)16-9-11-29-19-26-38(36(27-29)42(54)51(4)5)50-41(53)40-35(31-12-7-6-8-13-31)14-10-15-37(40)46(47,48)49/h6-8,10,12-15,17-27H,9,11,16,28H2,1-5H3,(H,50,53). The number of benzene rings is 5. The Hall–Kier alpha value is -6.76. The third-order valence-electron chi connectivity index (χ3n) is 8.78. The van der Waals surface area contributed by atoms with Crippen LogP contribution in [0.25, 0.3) is 11.1 Å². The average molecular weight is 809 g/mol. The molecule has 0 saturated heterocycles. The van der Waals surface area contributed by atoms with Crippen LogP contribution in [0.5, 0.6) is 5.75 Å². The molecule has 5 aromatic carbocycles. The highest BCUT2D eigenvalue weighted by Crippen LogP contribution is 2.37. The number of halogens is 3. The highest BCUT2D eigenvalue weighted by atomic mass is 19.4. The molecule has 0 aliphatic heterocycles. The van der Waals surface area contributed by atoms with Crippen LogP contribution < -0.4 is 10.1 Å². The van der Waals surface area contributed by atoms with Crippen LogP contribution in [0.3, 0.4) is 0 Å². The monoisotopic (exact) mass is 808 g/mol. The number of carbonyl (C=O) groups is 5. The van der Waals surface area contributed by atoms with Gasteiger partial charge < -0.3 is 24.4 Å². The van der Waals surface area contributed by atoms with E-state index in [4.69, 9.17) is 14.2 Å². The smallest absolute Gasteiger partial charge is 0.417 e. The number of hydrogen-bond acceptors (Lipinski definition) is 8. The summed E-state index contributed by atoms with van der Waals surface area (Å²) in [4.78, 5) is 65.7. The van der Waals surface area contributed by atoms with E-state index in [-0.39, 0.29) is 41.2 Å². The zero-order chi connectivity index (χ0) is 42.9. The molecule has 59 heavy (non-hydrogen) atoms. The molecular formula is C46H43F3N2O8. The van der Waals surface area contributed by atoms with Crippen molar-refractivity contribution in [3.63, 3.8) is 0 Å². The summed E-state index contributed by atoms with van der Waals surface area (Å²) in [6.07, 6.45) is -4.17. The summed E-state index contributed by atoms with van der Waals surface area (Å²) in [6.45, 7) is 5.30. The molecule has 0 spiro atoms. The van der Waals surface area contributed by atoms with Crippen molar-refractivity contribution in [2.24, 2.45) is 0 Å². The molecule has 0 atom stereocenters. The van der Waals surface area contributed by atoms with E-state index in [9.17, 15) is 37.1 Å². The Morgan fingerprint density at radius 2 is 1.34 bits per heavy atom. The van der Waals surface area contributed by atoms with Gasteiger partial charge in [-0.25, -0.2) is 9.59 Å². The van der Waals surface area contributed by atoms with Crippen LogP contribution in [0, 0.1) is 0 Å². The van der Waals surface area contributed by atoms with Gasteiger partial charge in [0.05, 0.1) is 33.5 Å². The van der Waals surface area contributed by atoms with Crippen molar-refractivity contribution in [3.8, 4) is 16.9 Å². The Balaban J connectivity index is 1.17. The zero-order valence-corrected chi connectivity index (χ0v) is 33.1. The Morgan fingerprint density at radius 3 is 1.97 bits per heavy atom. The molecule has 2 amide bonds. The van der Waals surface area contributed by atoms with Crippen LogP contribution in [-0.4, -0.2) is 54.3 Å². The maximum atomic E-state index is 14.2. The number of anilines is 1. The van der Waals surface area contributed by atoms with Gasteiger partial charge in [0.2, 0.25) is 0 Å². The molecule has 5 aromatic rings. The van der Waals surface area contributed by atoms with Crippen molar-refractivity contribution in [2.75, 3.05) is 19.4 Å². The molecule has 0 radical (unpaired) electrons. The quantitative estimate of drug-likeness (QED) is 0.0921. The molecule has 1 N–H and O–H groups in total. The van der Waals surface area contributed by atoms with E-state index in [0.717, 1.165) is 6.07 Å². The van der Waals surface area contributed by atoms with Crippen molar-refractivity contribution >= 4 is 35.4 Å². The van der Waals surface area contributed by atoms with Gasteiger partial charge in [-0.05, 0) is 110 Å². The molecule has 0 saturated carbocycles. The van der Waals surface area contributed by atoms with Crippen molar-refractivity contribution in [3.05, 3.63) is 154 Å². The number of ether oxygens (including phenoxy) is 3. The lowest BCUT2D eigenvalue weighted by molar-refractivity contribution is -0.138. The van der Waals surface area contributed by atoms with Crippen LogP contribution in [0.15, 0.2) is 115 Å². The van der Waals surface area contributed by atoms with Gasteiger partial charge in [0, 0.05) is 20.5 Å². The summed E-state index contributed by atoms with van der Waals surface area (Å²) in [5, 5.41) is 2.55. The predicted molar refractivity (Wildman–Crippen MR) is 215 cm³/mol. The third-order valence-corrected chi connectivity index (χ3v) is 8.78. The Kier molecular flexibility index (Phi) is 13.7. The van der Waals surface area contributed by atoms with E-state index >= 15 is 0 Å². The van der Waals surface area contributed by atoms with Gasteiger partial charge in [-0.2, -0.15) is 13.2 Å². The second-order valence-electron chi connectivity index (χ2n) is 14.8. The third kappa shape index (κ3) is 11.9. The highest BCUT2D eigenvalue weighted by Gasteiger charge is 2.37. The van der Waals surface area contributed by atoms with E-state index < -0.39 is 52.6 Å². The number of nitrogens with one attached hydrogen (secondary N) is 1. The van der Waals surface area contributed by atoms with Crippen molar-refractivity contribution in [2.45, 2.75) is 58.4 Å². The average Bonchev–Trinajstić information content (AvgIpc) is 3.19. The van der Waals surface area contributed by atoms with Crippen LogP contribution in [0.2, 0.25) is 0 Å². The van der Waals surface area contributed by atoms with Crippen molar-refractivity contribution in [1.82, 2.24) is 4.90 Å². The number of rotatable bonds is 13. The molecule has 306 valence electrons. The lowest BCUT2D eigenvalue weighted by Gasteiger charge is -2.19. The highest BCUT2D eigenvalue weighted by molar-refractivity contribution is 6.12.